The monoisotopic (exact) mass is 253 g/mol. The van der Waals surface area contributed by atoms with Crippen LogP contribution in [-0.4, -0.2) is 9.97 Å². The van der Waals surface area contributed by atoms with E-state index < -0.39 is 0 Å². The summed E-state index contributed by atoms with van der Waals surface area (Å²) < 4.78 is 0. The van der Waals surface area contributed by atoms with E-state index in [-0.39, 0.29) is 0 Å². The van der Waals surface area contributed by atoms with Crippen LogP contribution in [0.2, 0.25) is 0 Å². The Labute approximate surface area is 109 Å². The molecule has 0 aliphatic heterocycles. The topological polar surface area (TPSA) is 28.7 Å². The molecule has 0 atom stereocenters. The first kappa shape index (κ1) is 12.5. The Balaban J connectivity index is 0.000000202. The van der Waals surface area contributed by atoms with E-state index in [1.807, 2.05) is 12.1 Å². The van der Waals surface area contributed by atoms with Crippen molar-refractivity contribution in [2.24, 2.45) is 0 Å². The van der Waals surface area contributed by atoms with Crippen LogP contribution in [0, 0.1) is 0 Å². The molecule has 0 fully saturated rings. The van der Waals surface area contributed by atoms with E-state index in [4.69, 9.17) is 0 Å². The molecule has 2 nitrogen and oxygen atoms in total. The molecule has 0 saturated heterocycles. The van der Waals surface area contributed by atoms with E-state index >= 15 is 0 Å². The number of hydrogen-bond acceptors (Lipinski definition) is 1. The maximum Gasteiger partial charge on any atom is 0.0919 e. The van der Waals surface area contributed by atoms with Gasteiger partial charge < -0.3 is 4.98 Å². The minimum absolute atomic E-state index is 1.28. The zero-order valence-corrected chi connectivity index (χ0v) is 10.8. The van der Waals surface area contributed by atoms with Gasteiger partial charge in [-0.05, 0) is 19.2 Å². The highest BCUT2D eigenvalue weighted by atomic mass is 31.1. The van der Waals surface area contributed by atoms with Crippen LogP contribution in [-0.2, 0) is 0 Å². The average Bonchev–Trinajstić information content (AvgIpc) is 3.00. The first-order valence-corrected chi connectivity index (χ1v) is 6.59. The smallest absolute Gasteiger partial charge is 0.0919 e. The summed E-state index contributed by atoms with van der Waals surface area (Å²) >= 11 is 0. The van der Waals surface area contributed by atoms with E-state index in [9.17, 15) is 0 Å². The lowest BCUT2D eigenvalue weighted by atomic mass is 10.4. The highest BCUT2D eigenvalue weighted by Gasteiger charge is 1.93. The van der Waals surface area contributed by atoms with Gasteiger partial charge in [-0.1, -0.05) is 60.7 Å². The first-order chi connectivity index (χ1) is 8.95. The number of rotatable bonds is 2. The Morgan fingerprint density at radius 3 is 1.67 bits per heavy atom. The summed E-state index contributed by atoms with van der Waals surface area (Å²) in [5, 5.41) is 2.68. The van der Waals surface area contributed by atoms with Crippen LogP contribution in [0.25, 0.3) is 0 Å². The van der Waals surface area contributed by atoms with Gasteiger partial charge in [-0.3, -0.25) is 0 Å². The normalized spacial score (nSPS) is 9.33. The van der Waals surface area contributed by atoms with Crippen molar-refractivity contribution in [3.8, 4) is 0 Å². The number of H-pyrrole nitrogens is 1. The molecule has 0 saturated carbocycles. The summed E-state index contributed by atoms with van der Waals surface area (Å²) in [6.45, 7) is 0. The molecule has 3 aromatic rings. The molecule has 3 heteroatoms. The Hall–Kier alpha value is -1.92. The molecule has 3 rings (SSSR count). The van der Waals surface area contributed by atoms with Crippen LogP contribution in [0.5, 0.6) is 0 Å². The molecule has 0 spiro atoms. The highest BCUT2D eigenvalue weighted by molar-refractivity contribution is 7.55. The van der Waals surface area contributed by atoms with Gasteiger partial charge in [0.2, 0.25) is 0 Å². The number of benzene rings is 2. The second-order valence-corrected chi connectivity index (χ2v) is 4.80. The summed E-state index contributed by atoms with van der Waals surface area (Å²) in [5.74, 6) is 0. The van der Waals surface area contributed by atoms with Crippen molar-refractivity contribution in [3.63, 3.8) is 0 Å². The summed E-state index contributed by atoms with van der Waals surface area (Å²) in [4.78, 5) is 6.42. The first-order valence-electron chi connectivity index (χ1n) is 5.70. The van der Waals surface area contributed by atoms with Crippen LogP contribution >= 0.6 is 8.58 Å². The maximum atomic E-state index is 3.67. The zero-order valence-electron chi connectivity index (χ0n) is 9.90. The zero-order chi connectivity index (χ0) is 12.5. The minimum Gasteiger partial charge on any atom is -0.351 e. The minimum atomic E-state index is 1.28. The number of nitrogens with zero attached hydrogens (tertiary/aromatic N) is 1. The molecule has 0 unspecified atom stereocenters. The van der Waals surface area contributed by atoms with Crippen LogP contribution in [0.4, 0.5) is 0 Å². The number of imidazole rings is 1. The average molecular weight is 253 g/mol. The summed E-state index contributed by atoms with van der Waals surface area (Å²) in [7, 11) is 1.28. The lowest BCUT2D eigenvalue weighted by molar-refractivity contribution is 1.31. The van der Waals surface area contributed by atoms with Gasteiger partial charge in [0.1, 0.15) is 0 Å². The van der Waals surface area contributed by atoms with E-state index in [1.165, 1.54) is 19.2 Å². The third-order valence-electron chi connectivity index (χ3n) is 2.18. The van der Waals surface area contributed by atoms with E-state index in [1.54, 1.807) is 18.7 Å². The van der Waals surface area contributed by atoms with Gasteiger partial charge in [0.05, 0.1) is 6.33 Å². The van der Waals surface area contributed by atoms with Gasteiger partial charge in [-0.2, -0.15) is 0 Å². The fourth-order valence-corrected chi connectivity index (χ4v) is 2.31. The molecule has 18 heavy (non-hydrogen) atoms. The van der Waals surface area contributed by atoms with Gasteiger partial charge in [0, 0.05) is 12.4 Å². The second kappa shape index (κ2) is 7.41. The van der Waals surface area contributed by atoms with Crippen molar-refractivity contribution >= 4 is 19.2 Å². The van der Waals surface area contributed by atoms with Crippen molar-refractivity contribution < 1.29 is 0 Å². The van der Waals surface area contributed by atoms with E-state index in [0.717, 1.165) is 0 Å². The van der Waals surface area contributed by atoms with Crippen LogP contribution in [0.3, 0.4) is 0 Å². The standard InChI is InChI=1S/C12H10P.C3H4N2/c1-3-7-11(8-4-1)13-12-9-5-2-6-10-12;1-2-5-3-4-1/h1-10H;1-3H,(H,4,5). The molecule has 2 aromatic carbocycles. The third kappa shape index (κ3) is 4.52. The quantitative estimate of drug-likeness (QED) is 0.699. The number of aromatic amines is 1. The highest BCUT2D eigenvalue weighted by Crippen LogP contribution is 2.08. The molecule has 1 N–H and O–H groups in total. The molecule has 0 aliphatic rings. The lowest BCUT2D eigenvalue weighted by Crippen LogP contribution is -2.01. The molecule has 1 aromatic heterocycles. The van der Waals surface area contributed by atoms with Crippen molar-refractivity contribution in [2.45, 2.75) is 0 Å². The van der Waals surface area contributed by atoms with Gasteiger partial charge in [-0.25, -0.2) is 4.98 Å². The molecule has 1 heterocycles. The SMILES string of the molecule is c1c[nH]cn1.c1ccc([P]c2ccccc2)cc1. The van der Waals surface area contributed by atoms with Gasteiger partial charge in [0.25, 0.3) is 0 Å². The fraction of sp³-hybridized carbons (Fsp3) is 0. The van der Waals surface area contributed by atoms with E-state index in [0.29, 0.717) is 0 Å². The van der Waals surface area contributed by atoms with Gasteiger partial charge in [-0.15, -0.1) is 0 Å². The summed E-state index contributed by atoms with van der Waals surface area (Å²) in [5.41, 5.74) is 0. The maximum absolute atomic E-state index is 3.67. The predicted molar refractivity (Wildman–Crippen MR) is 77.7 cm³/mol. The molecule has 89 valence electrons. The predicted octanol–water partition coefficient (Wildman–Crippen LogP) is 2.99. The number of aromatic nitrogens is 2. The van der Waals surface area contributed by atoms with E-state index in [2.05, 4.69) is 58.5 Å². The Morgan fingerprint density at radius 2 is 1.33 bits per heavy atom. The van der Waals surface area contributed by atoms with Crippen molar-refractivity contribution in [1.82, 2.24) is 9.97 Å². The van der Waals surface area contributed by atoms with Crippen molar-refractivity contribution in [1.29, 1.82) is 0 Å². The number of hydrogen-bond donors (Lipinski definition) is 1. The molecule has 1 radical (unpaired) electrons. The molecule has 0 amide bonds. The Bertz CT molecular complexity index is 466. The van der Waals surface area contributed by atoms with Crippen LogP contribution < -0.4 is 10.6 Å². The summed E-state index contributed by atoms with van der Waals surface area (Å²) in [6, 6.07) is 21.0. The van der Waals surface area contributed by atoms with Gasteiger partial charge in [0.15, 0.2) is 0 Å². The number of nitrogens with one attached hydrogen (secondary N) is 1. The molecular weight excluding hydrogens is 239 g/mol. The molecule has 0 bridgehead atoms. The third-order valence-corrected chi connectivity index (χ3v) is 3.29. The Kier molecular flexibility index (Phi) is 5.16. The van der Waals surface area contributed by atoms with Crippen molar-refractivity contribution in [3.05, 3.63) is 79.4 Å². The largest absolute Gasteiger partial charge is 0.351 e. The van der Waals surface area contributed by atoms with Gasteiger partial charge >= 0.3 is 0 Å². The second-order valence-electron chi connectivity index (χ2n) is 3.54. The summed E-state index contributed by atoms with van der Waals surface area (Å²) in [6.07, 6.45) is 5.08. The van der Waals surface area contributed by atoms with Crippen LogP contribution in [0.1, 0.15) is 0 Å². The molecular formula is C15H14N2P. The van der Waals surface area contributed by atoms with Crippen molar-refractivity contribution in [2.75, 3.05) is 0 Å². The Morgan fingerprint density at radius 1 is 0.778 bits per heavy atom. The van der Waals surface area contributed by atoms with Crippen LogP contribution in [0.15, 0.2) is 79.4 Å². The fourth-order valence-electron chi connectivity index (χ4n) is 1.37. The molecule has 0 aliphatic carbocycles. The lowest BCUT2D eigenvalue weighted by Gasteiger charge is -1.98.